The Balaban J connectivity index is 1.82. The Morgan fingerprint density at radius 1 is 1.08 bits per heavy atom. The Morgan fingerprint density at radius 3 is 2.56 bits per heavy atom. The smallest absolute Gasteiger partial charge is 0.241 e. The maximum atomic E-state index is 12.5. The zero-order valence-corrected chi connectivity index (χ0v) is 16.1. The molecule has 0 radical (unpaired) electrons. The van der Waals surface area contributed by atoms with E-state index < -0.39 is 16.1 Å². The number of fused-ring (bicyclic) bond motifs is 1. The van der Waals surface area contributed by atoms with E-state index in [9.17, 15) is 13.5 Å². The number of hydrogen-bond donors (Lipinski definition) is 2. The van der Waals surface area contributed by atoms with E-state index in [1.54, 1.807) is 6.07 Å². The molecule has 0 fully saturated rings. The predicted octanol–water partition coefficient (Wildman–Crippen LogP) is 4.27. The van der Waals surface area contributed by atoms with Crippen LogP contribution in [0.15, 0.2) is 70.0 Å². The zero-order valence-electron chi connectivity index (χ0n) is 13.0. The Labute approximate surface area is 159 Å². The molecule has 7 heteroatoms. The van der Waals surface area contributed by atoms with Crippen LogP contribution in [0.4, 0.5) is 0 Å². The van der Waals surface area contributed by atoms with Crippen LogP contribution in [-0.2, 0) is 10.0 Å². The van der Waals surface area contributed by atoms with E-state index in [1.807, 2.05) is 36.4 Å². The summed E-state index contributed by atoms with van der Waals surface area (Å²) in [7, 11) is -3.78. The molecule has 0 aliphatic carbocycles. The van der Waals surface area contributed by atoms with Crippen molar-refractivity contribution in [3.05, 3.63) is 75.7 Å². The SMILES string of the molecule is O=S(=O)(NCC(O)c1cccc2ccccc12)c1ccc(Cl)cc1Br. The van der Waals surface area contributed by atoms with E-state index in [4.69, 9.17) is 11.6 Å². The number of rotatable bonds is 5. The fraction of sp³-hybridized carbons (Fsp3) is 0.111. The highest BCUT2D eigenvalue weighted by Gasteiger charge is 2.20. The molecule has 3 rings (SSSR count). The van der Waals surface area contributed by atoms with Gasteiger partial charge >= 0.3 is 0 Å². The molecule has 0 saturated carbocycles. The third-order valence-electron chi connectivity index (χ3n) is 3.83. The van der Waals surface area contributed by atoms with Crippen LogP contribution in [-0.4, -0.2) is 20.1 Å². The number of hydrogen-bond acceptors (Lipinski definition) is 3. The third-order valence-corrected chi connectivity index (χ3v) is 6.47. The van der Waals surface area contributed by atoms with E-state index in [0.717, 1.165) is 10.8 Å². The number of nitrogens with one attached hydrogen (secondary N) is 1. The second kappa shape index (κ2) is 7.43. The normalized spacial score (nSPS) is 13.1. The van der Waals surface area contributed by atoms with Gasteiger partial charge in [-0.05, 0) is 50.5 Å². The highest BCUT2D eigenvalue weighted by atomic mass is 79.9. The first-order valence-corrected chi connectivity index (χ1v) is 10.1. The minimum atomic E-state index is -3.78. The summed E-state index contributed by atoms with van der Waals surface area (Å²) in [6.07, 6.45) is -0.966. The molecule has 0 bridgehead atoms. The maximum Gasteiger partial charge on any atom is 0.241 e. The van der Waals surface area contributed by atoms with Crippen molar-refractivity contribution >= 4 is 48.3 Å². The summed E-state index contributed by atoms with van der Waals surface area (Å²) in [6, 6.07) is 17.6. The summed E-state index contributed by atoms with van der Waals surface area (Å²) in [5, 5.41) is 12.8. The quantitative estimate of drug-likeness (QED) is 0.623. The Bertz CT molecular complexity index is 1020. The highest BCUT2D eigenvalue weighted by Crippen LogP contribution is 2.27. The second-order valence-corrected chi connectivity index (χ2v) is 8.54. The lowest BCUT2D eigenvalue weighted by Gasteiger charge is -2.15. The van der Waals surface area contributed by atoms with Crippen molar-refractivity contribution in [1.29, 1.82) is 0 Å². The number of aliphatic hydroxyl groups is 1. The van der Waals surface area contributed by atoms with Crippen molar-refractivity contribution in [3.8, 4) is 0 Å². The van der Waals surface area contributed by atoms with Gasteiger partial charge in [-0.15, -0.1) is 0 Å². The lowest BCUT2D eigenvalue weighted by molar-refractivity contribution is 0.183. The van der Waals surface area contributed by atoms with Gasteiger partial charge in [0.2, 0.25) is 10.0 Å². The van der Waals surface area contributed by atoms with E-state index in [-0.39, 0.29) is 11.4 Å². The van der Waals surface area contributed by atoms with Crippen LogP contribution in [0.2, 0.25) is 5.02 Å². The van der Waals surface area contributed by atoms with E-state index >= 15 is 0 Å². The fourth-order valence-corrected chi connectivity index (χ4v) is 5.03. The van der Waals surface area contributed by atoms with Gasteiger partial charge in [0.15, 0.2) is 0 Å². The van der Waals surface area contributed by atoms with Crippen molar-refractivity contribution in [3.63, 3.8) is 0 Å². The molecule has 3 aromatic carbocycles. The van der Waals surface area contributed by atoms with Gasteiger partial charge in [0.25, 0.3) is 0 Å². The van der Waals surface area contributed by atoms with E-state index in [0.29, 0.717) is 15.1 Å². The summed E-state index contributed by atoms with van der Waals surface area (Å²) >= 11 is 9.05. The van der Waals surface area contributed by atoms with Gasteiger partial charge in [0, 0.05) is 16.0 Å². The first-order chi connectivity index (χ1) is 11.9. The van der Waals surface area contributed by atoms with Gasteiger partial charge in [0.1, 0.15) is 0 Å². The Kier molecular flexibility index (Phi) is 5.46. The van der Waals surface area contributed by atoms with Gasteiger partial charge in [-0.25, -0.2) is 13.1 Å². The summed E-state index contributed by atoms with van der Waals surface area (Å²) in [4.78, 5) is 0.0713. The largest absolute Gasteiger partial charge is 0.387 e. The van der Waals surface area contributed by atoms with Crippen LogP contribution in [0, 0.1) is 0 Å². The van der Waals surface area contributed by atoms with Crippen molar-refractivity contribution in [1.82, 2.24) is 4.72 Å². The van der Waals surface area contributed by atoms with E-state index in [2.05, 4.69) is 20.7 Å². The minimum absolute atomic E-state index is 0.0713. The number of benzene rings is 3. The minimum Gasteiger partial charge on any atom is -0.387 e. The molecule has 1 atom stereocenters. The molecule has 0 aliphatic rings. The number of halogens is 2. The van der Waals surface area contributed by atoms with Gasteiger partial charge in [-0.1, -0.05) is 54.1 Å². The fourth-order valence-electron chi connectivity index (χ4n) is 2.61. The van der Waals surface area contributed by atoms with Gasteiger partial charge < -0.3 is 5.11 Å². The monoisotopic (exact) mass is 439 g/mol. The van der Waals surface area contributed by atoms with E-state index in [1.165, 1.54) is 18.2 Å². The topological polar surface area (TPSA) is 66.4 Å². The summed E-state index contributed by atoms with van der Waals surface area (Å²) in [5.41, 5.74) is 0.677. The molecule has 2 N–H and O–H groups in total. The number of aliphatic hydroxyl groups excluding tert-OH is 1. The molecular weight excluding hydrogens is 426 g/mol. The molecule has 0 saturated heterocycles. The molecule has 0 aliphatic heterocycles. The van der Waals surface area contributed by atoms with Crippen molar-refractivity contribution in [2.24, 2.45) is 0 Å². The molecule has 0 aromatic heterocycles. The van der Waals surface area contributed by atoms with Gasteiger partial charge in [-0.3, -0.25) is 0 Å². The molecule has 130 valence electrons. The molecule has 0 spiro atoms. The second-order valence-electron chi connectivity index (χ2n) is 5.51. The predicted molar refractivity (Wildman–Crippen MR) is 103 cm³/mol. The Morgan fingerprint density at radius 2 is 1.80 bits per heavy atom. The van der Waals surface area contributed by atoms with Crippen molar-refractivity contribution in [2.45, 2.75) is 11.0 Å². The summed E-state index contributed by atoms with van der Waals surface area (Å²) < 4.78 is 27.8. The first-order valence-electron chi connectivity index (χ1n) is 7.49. The van der Waals surface area contributed by atoms with Crippen LogP contribution in [0.5, 0.6) is 0 Å². The average molecular weight is 441 g/mol. The molecule has 0 heterocycles. The molecule has 25 heavy (non-hydrogen) atoms. The molecule has 3 aromatic rings. The number of sulfonamides is 1. The van der Waals surface area contributed by atoms with Crippen LogP contribution in [0.3, 0.4) is 0 Å². The lowest BCUT2D eigenvalue weighted by Crippen LogP contribution is -2.28. The summed E-state index contributed by atoms with van der Waals surface area (Å²) in [6.45, 7) is -0.134. The average Bonchev–Trinajstić information content (AvgIpc) is 2.59. The van der Waals surface area contributed by atoms with Crippen molar-refractivity contribution in [2.75, 3.05) is 6.54 Å². The Hall–Kier alpha value is -1.44. The van der Waals surface area contributed by atoms with Crippen molar-refractivity contribution < 1.29 is 13.5 Å². The zero-order chi connectivity index (χ0) is 18.0. The van der Waals surface area contributed by atoms with Gasteiger partial charge in [0.05, 0.1) is 11.0 Å². The lowest BCUT2D eigenvalue weighted by atomic mass is 10.0. The van der Waals surface area contributed by atoms with Crippen LogP contribution in [0.25, 0.3) is 10.8 Å². The molecule has 1 unspecified atom stereocenters. The first kappa shape index (κ1) is 18.4. The van der Waals surface area contributed by atoms with Crippen LogP contribution in [0.1, 0.15) is 11.7 Å². The standard InChI is InChI=1S/C18H15BrClNO3S/c19-16-10-13(20)8-9-18(16)25(23,24)21-11-17(22)15-7-3-5-12-4-1-2-6-14(12)15/h1-10,17,21-22H,11H2. The molecular formula is C18H15BrClNO3S. The van der Waals surface area contributed by atoms with Gasteiger partial charge in [-0.2, -0.15) is 0 Å². The maximum absolute atomic E-state index is 12.5. The molecule has 0 amide bonds. The third kappa shape index (κ3) is 4.04. The molecule has 4 nitrogen and oxygen atoms in total. The summed E-state index contributed by atoms with van der Waals surface area (Å²) in [5.74, 6) is 0. The highest BCUT2D eigenvalue weighted by molar-refractivity contribution is 9.10. The van der Waals surface area contributed by atoms with Crippen LogP contribution >= 0.6 is 27.5 Å². The van der Waals surface area contributed by atoms with Crippen LogP contribution < -0.4 is 4.72 Å².